The van der Waals surface area contributed by atoms with Gasteiger partial charge in [0, 0.05) is 15.9 Å². The number of thiophene rings is 1. The van der Waals surface area contributed by atoms with Crippen LogP contribution in [0, 0.1) is 0 Å². The summed E-state index contributed by atoms with van der Waals surface area (Å²) in [6.07, 6.45) is 1.57. The summed E-state index contributed by atoms with van der Waals surface area (Å²) in [5.74, 6) is 0.196. The fraction of sp³-hybridized carbons (Fsp3) is 0.636. The van der Waals surface area contributed by atoms with Crippen molar-refractivity contribution in [3.8, 4) is 0 Å². The quantitative estimate of drug-likeness (QED) is 0.669. The second-order valence-corrected chi connectivity index (χ2v) is 7.67. The van der Waals surface area contributed by atoms with E-state index in [1.54, 1.807) is 11.3 Å². The van der Waals surface area contributed by atoms with Gasteiger partial charge in [0.05, 0.1) is 5.75 Å². The lowest BCUT2D eigenvalue weighted by Crippen LogP contribution is -2.26. The topological polar surface area (TPSA) is 58.2 Å². The number of hydrogen-bond acceptors (Lipinski definition) is 4. The third-order valence-electron chi connectivity index (χ3n) is 2.41. The van der Waals surface area contributed by atoms with Gasteiger partial charge in [-0.25, -0.2) is 13.1 Å². The summed E-state index contributed by atoms with van der Waals surface area (Å²) >= 11 is 4.92. The van der Waals surface area contributed by atoms with Crippen molar-refractivity contribution >= 4 is 37.3 Å². The van der Waals surface area contributed by atoms with Gasteiger partial charge in [-0.15, -0.1) is 11.3 Å². The number of rotatable bonds is 9. The standard InChI is InChI=1S/C11H19BrN2O2S2/c1-2-13-6-3-4-8-18(15,16)14-9-11-10(12)5-7-17-11/h5,7,13-14H,2-4,6,8-9H2,1H3. The lowest BCUT2D eigenvalue weighted by molar-refractivity contribution is 0.574. The lowest BCUT2D eigenvalue weighted by atomic mass is 10.3. The average Bonchev–Trinajstić information content (AvgIpc) is 2.72. The minimum atomic E-state index is -3.15. The molecule has 0 radical (unpaired) electrons. The maximum atomic E-state index is 11.7. The van der Waals surface area contributed by atoms with E-state index in [1.807, 2.05) is 18.4 Å². The molecule has 0 bridgehead atoms. The Balaban J connectivity index is 2.25. The summed E-state index contributed by atoms with van der Waals surface area (Å²) in [4.78, 5) is 1.01. The van der Waals surface area contributed by atoms with Crippen LogP contribution in [0.2, 0.25) is 0 Å². The van der Waals surface area contributed by atoms with Crippen LogP contribution in [0.15, 0.2) is 15.9 Å². The van der Waals surface area contributed by atoms with Crippen LogP contribution in [0.3, 0.4) is 0 Å². The number of nitrogens with one attached hydrogen (secondary N) is 2. The minimum Gasteiger partial charge on any atom is -0.317 e. The highest BCUT2D eigenvalue weighted by molar-refractivity contribution is 9.10. The van der Waals surface area contributed by atoms with Gasteiger partial charge in [-0.1, -0.05) is 6.92 Å². The molecule has 18 heavy (non-hydrogen) atoms. The number of halogens is 1. The third-order valence-corrected chi connectivity index (χ3v) is 5.75. The molecule has 0 saturated heterocycles. The number of hydrogen-bond donors (Lipinski definition) is 2. The maximum Gasteiger partial charge on any atom is 0.211 e. The van der Waals surface area contributed by atoms with E-state index in [0.29, 0.717) is 13.0 Å². The Morgan fingerprint density at radius 1 is 1.39 bits per heavy atom. The molecule has 1 aromatic heterocycles. The summed E-state index contributed by atoms with van der Waals surface area (Å²) in [5, 5.41) is 5.11. The molecule has 1 aromatic rings. The number of unbranched alkanes of at least 4 members (excludes halogenated alkanes) is 1. The second-order valence-electron chi connectivity index (χ2n) is 3.89. The van der Waals surface area contributed by atoms with Crippen molar-refractivity contribution in [2.45, 2.75) is 26.3 Å². The molecule has 0 aliphatic rings. The van der Waals surface area contributed by atoms with Crippen molar-refractivity contribution in [2.24, 2.45) is 0 Å². The van der Waals surface area contributed by atoms with Crippen LogP contribution in [0.1, 0.15) is 24.6 Å². The van der Waals surface area contributed by atoms with E-state index in [1.165, 1.54) is 0 Å². The summed E-state index contributed by atoms with van der Waals surface area (Å²) < 4.78 is 27.0. The normalized spacial score (nSPS) is 11.9. The molecule has 4 nitrogen and oxygen atoms in total. The highest BCUT2D eigenvalue weighted by Crippen LogP contribution is 2.22. The van der Waals surface area contributed by atoms with Gasteiger partial charge in [0.1, 0.15) is 0 Å². The molecule has 7 heteroatoms. The average molecular weight is 355 g/mol. The first-order valence-corrected chi connectivity index (χ1v) is 9.27. The summed E-state index contributed by atoms with van der Waals surface area (Å²) in [7, 11) is -3.15. The SMILES string of the molecule is CCNCCCCS(=O)(=O)NCc1sccc1Br. The Bertz CT molecular complexity index is 446. The van der Waals surface area contributed by atoms with Gasteiger partial charge in [-0.05, 0) is 53.3 Å². The van der Waals surface area contributed by atoms with Crippen molar-refractivity contribution in [3.05, 3.63) is 20.8 Å². The van der Waals surface area contributed by atoms with Crippen molar-refractivity contribution in [2.75, 3.05) is 18.8 Å². The minimum absolute atomic E-state index is 0.196. The van der Waals surface area contributed by atoms with Gasteiger partial charge < -0.3 is 5.32 Å². The van der Waals surface area contributed by atoms with E-state index in [-0.39, 0.29) is 5.75 Å². The van der Waals surface area contributed by atoms with Crippen LogP contribution >= 0.6 is 27.3 Å². The Labute approximate surface area is 121 Å². The largest absolute Gasteiger partial charge is 0.317 e. The highest BCUT2D eigenvalue weighted by atomic mass is 79.9. The Morgan fingerprint density at radius 3 is 2.78 bits per heavy atom. The summed E-state index contributed by atoms with van der Waals surface area (Å²) in [6, 6.07) is 1.92. The van der Waals surface area contributed by atoms with Crippen LogP contribution in [-0.4, -0.2) is 27.3 Å². The molecule has 0 atom stereocenters. The van der Waals surface area contributed by atoms with Gasteiger partial charge >= 0.3 is 0 Å². The van der Waals surface area contributed by atoms with Gasteiger partial charge in [-0.2, -0.15) is 0 Å². The van der Waals surface area contributed by atoms with E-state index in [0.717, 1.165) is 28.9 Å². The van der Waals surface area contributed by atoms with Crippen LogP contribution in [0.4, 0.5) is 0 Å². The molecule has 0 amide bonds. The van der Waals surface area contributed by atoms with Crippen molar-refractivity contribution in [3.63, 3.8) is 0 Å². The van der Waals surface area contributed by atoms with Crippen LogP contribution in [0.5, 0.6) is 0 Å². The maximum absolute atomic E-state index is 11.7. The molecule has 104 valence electrons. The Hall–Kier alpha value is 0.0500. The Kier molecular flexibility index (Phi) is 7.40. The second kappa shape index (κ2) is 8.27. The molecular weight excluding hydrogens is 336 g/mol. The molecule has 0 aromatic carbocycles. The van der Waals surface area contributed by atoms with Crippen molar-refractivity contribution in [1.29, 1.82) is 0 Å². The zero-order valence-corrected chi connectivity index (χ0v) is 13.6. The molecule has 0 unspecified atom stereocenters. The fourth-order valence-electron chi connectivity index (χ4n) is 1.42. The Morgan fingerprint density at radius 2 is 2.17 bits per heavy atom. The zero-order chi connectivity index (χ0) is 13.4. The summed E-state index contributed by atoms with van der Waals surface area (Å²) in [5.41, 5.74) is 0. The first kappa shape index (κ1) is 16.1. The van der Waals surface area contributed by atoms with Crippen molar-refractivity contribution < 1.29 is 8.42 Å². The van der Waals surface area contributed by atoms with E-state index in [4.69, 9.17) is 0 Å². The van der Waals surface area contributed by atoms with E-state index in [2.05, 4.69) is 26.0 Å². The zero-order valence-electron chi connectivity index (χ0n) is 10.4. The van der Waals surface area contributed by atoms with Crippen LogP contribution in [0.25, 0.3) is 0 Å². The summed E-state index contributed by atoms with van der Waals surface area (Å²) in [6.45, 7) is 4.21. The van der Waals surface area contributed by atoms with E-state index < -0.39 is 10.0 Å². The van der Waals surface area contributed by atoms with E-state index in [9.17, 15) is 8.42 Å². The molecule has 2 N–H and O–H groups in total. The van der Waals surface area contributed by atoms with Gasteiger partial charge in [0.25, 0.3) is 0 Å². The van der Waals surface area contributed by atoms with Gasteiger partial charge in [0.15, 0.2) is 0 Å². The van der Waals surface area contributed by atoms with E-state index >= 15 is 0 Å². The van der Waals surface area contributed by atoms with Gasteiger partial charge in [0.2, 0.25) is 10.0 Å². The first-order valence-electron chi connectivity index (χ1n) is 5.95. The smallest absolute Gasteiger partial charge is 0.211 e. The molecule has 0 aliphatic carbocycles. The number of sulfonamides is 1. The predicted molar refractivity (Wildman–Crippen MR) is 80.4 cm³/mol. The molecular formula is C11H19BrN2O2S2. The fourth-order valence-corrected chi connectivity index (χ4v) is 4.03. The lowest BCUT2D eigenvalue weighted by Gasteiger charge is -2.06. The molecule has 1 rings (SSSR count). The van der Waals surface area contributed by atoms with Crippen LogP contribution < -0.4 is 10.0 Å². The molecule has 0 saturated carbocycles. The first-order chi connectivity index (χ1) is 8.55. The molecule has 0 spiro atoms. The monoisotopic (exact) mass is 354 g/mol. The predicted octanol–water partition coefficient (Wildman–Crippen LogP) is 2.32. The van der Waals surface area contributed by atoms with Crippen molar-refractivity contribution in [1.82, 2.24) is 10.0 Å². The van der Waals surface area contributed by atoms with Crippen LogP contribution in [-0.2, 0) is 16.6 Å². The molecule has 1 heterocycles. The molecule has 0 fully saturated rings. The van der Waals surface area contributed by atoms with Gasteiger partial charge in [-0.3, -0.25) is 0 Å². The molecule has 0 aliphatic heterocycles. The third kappa shape index (κ3) is 6.29. The highest BCUT2D eigenvalue weighted by Gasteiger charge is 2.11.